The lowest BCUT2D eigenvalue weighted by Gasteiger charge is -2.06. The first kappa shape index (κ1) is 25.6. The number of aryl methyl sites for hydroxylation is 1. The molecule has 0 atom stereocenters. The summed E-state index contributed by atoms with van der Waals surface area (Å²) >= 11 is 0. The molecule has 0 aliphatic heterocycles. The maximum atomic E-state index is 10.4. The van der Waals surface area contributed by atoms with Crippen molar-refractivity contribution in [2.24, 2.45) is 7.05 Å². The number of hydrogen-bond acceptors (Lipinski definition) is 2. The fourth-order valence-electron chi connectivity index (χ4n) is 3.14. The molecule has 0 fully saturated rings. The van der Waals surface area contributed by atoms with Crippen molar-refractivity contribution in [1.29, 1.82) is 5.41 Å². The van der Waals surface area contributed by atoms with Gasteiger partial charge in [0.05, 0.1) is 0 Å². The normalized spacial score (nSPS) is 10.3. The molecule has 27 heavy (non-hydrogen) atoms. The number of pyridine rings is 1. The zero-order chi connectivity index (χ0) is 20.0. The second kappa shape index (κ2) is 20.9. The number of rotatable bonds is 16. The summed E-state index contributed by atoms with van der Waals surface area (Å²) in [6.07, 6.45) is 24.5. The topological polar surface area (TPSA) is 50.8 Å². The highest BCUT2D eigenvalue weighted by molar-refractivity contribution is 5.67. The van der Waals surface area contributed by atoms with Crippen LogP contribution in [0.25, 0.3) is 0 Å². The van der Waals surface area contributed by atoms with Gasteiger partial charge in [0.1, 0.15) is 7.05 Å². The molecule has 3 nitrogen and oxygen atoms in total. The second-order valence-electron chi connectivity index (χ2n) is 7.66. The van der Waals surface area contributed by atoms with Gasteiger partial charge in [-0.05, 0) is 18.7 Å². The molecule has 1 N–H and O–H groups in total. The smallest absolute Gasteiger partial charge is 0.168 e. The van der Waals surface area contributed by atoms with Gasteiger partial charge < -0.3 is 10.5 Å². The van der Waals surface area contributed by atoms with Crippen LogP contribution in [0.1, 0.15) is 110 Å². The zero-order valence-electron chi connectivity index (χ0n) is 18.1. The predicted octanol–water partition coefficient (Wildman–Crippen LogP) is 6.10. The van der Waals surface area contributed by atoms with Crippen molar-refractivity contribution in [3.8, 4) is 0 Å². The van der Waals surface area contributed by atoms with E-state index in [0.717, 1.165) is 12.8 Å². The summed E-state index contributed by atoms with van der Waals surface area (Å²) in [6.45, 7) is 2.27. The van der Waals surface area contributed by atoms with Gasteiger partial charge >= 0.3 is 0 Å². The molecule has 0 aliphatic rings. The van der Waals surface area contributed by atoms with Crippen molar-refractivity contribution in [2.45, 2.75) is 110 Å². The molecule has 0 spiro atoms. The molecule has 0 radical (unpaired) electrons. The molecular formula is C24H44N2O. The average molecular weight is 377 g/mol. The van der Waals surface area contributed by atoms with Gasteiger partial charge in [0.15, 0.2) is 12.4 Å². The maximum absolute atomic E-state index is 10.4. The number of hydrogen-bond donors (Lipinski definition) is 1. The Bertz CT molecular complexity index is 420. The summed E-state index contributed by atoms with van der Waals surface area (Å²) in [5.41, 5.74) is 0. The minimum Gasteiger partial charge on any atom is -0.862 e. The van der Waals surface area contributed by atoms with Gasteiger partial charge in [-0.2, -0.15) is 0 Å². The summed E-state index contributed by atoms with van der Waals surface area (Å²) in [4.78, 5) is 0. The standard InChI is InChI=1S/C18H37NO.C6H8N/c1-2-3-4-5-6-7-8-9-10-11-12-13-14-15-16-17-18(19)20;1-7-5-3-2-4-6-7/h2-17H2,1H3,(H2,19,20);2-6H,1H3/q;+1/p-1. The first-order valence-electron chi connectivity index (χ1n) is 11.3. The Morgan fingerprint density at radius 2 is 1.04 bits per heavy atom. The SMILES string of the molecule is CCCCCCCCCCCCCCCCCC(=N)[O-].C[n+]1ccccc1. The van der Waals surface area contributed by atoms with Crippen molar-refractivity contribution in [3.05, 3.63) is 30.6 Å². The number of aromatic nitrogens is 1. The lowest BCUT2D eigenvalue weighted by molar-refractivity contribution is -0.671. The first-order chi connectivity index (χ1) is 13.2. The molecule has 0 aliphatic carbocycles. The van der Waals surface area contributed by atoms with Gasteiger partial charge in [-0.1, -0.05) is 103 Å². The Hall–Kier alpha value is -1.38. The van der Waals surface area contributed by atoms with Crippen LogP contribution in [0.5, 0.6) is 0 Å². The van der Waals surface area contributed by atoms with Crippen molar-refractivity contribution in [3.63, 3.8) is 0 Å². The van der Waals surface area contributed by atoms with E-state index in [4.69, 9.17) is 5.41 Å². The highest BCUT2D eigenvalue weighted by Gasteiger charge is 1.94. The van der Waals surface area contributed by atoms with Crippen molar-refractivity contribution < 1.29 is 9.67 Å². The van der Waals surface area contributed by atoms with Crippen molar-refractivity contribution >= 4 is 5.90 Å². The summed E-state index contributed by atoms with van der Waals surface area (Å²) in [6, 6.07) is 6.00. The summed E-state index contributed by atoms with van der Waals surface area (Å²) in [5.74, 6) is -0.403. The molecule has 1 heterocycles. The number of nitrogens with one attached hydrogen (secondary N) is 1. The van der Waals surface area contributed by atoms with E-state index in [2.05, 4.69) is 6.92 Å². The molecule has 1 rings (SSSR count). The molecule has 156 valence electrons. The van der Waals surface area contributed by atoms with Crippen LogP contribution in [-0.4, -0.2) is 5.90 Å². The minimum absolute atomic E-state index is 0.403. The quantitative estimate of drug-likeness (QED) is 0.161. The van der Waals surface area contributed by atoms with Gasteiger partial charge in [-0.3, -0.25) is 0 Å². The van der Waals surface area contributed by atoms with E-state index in [1.807, 2.05) is 42.2 Å². The van der Waals surface area contributed by atoms with Crippen LogP contribution in [0, 0.1) is 5.41 Å². The molecule has 0 saturated heterocycles. The lowest BCUT2D eigenvalue weighted by atomic mass is 10.0. The van der Waals surface area contributed by atoms with Gasteiger partial charge in [0.2, 0.25) is 0 Å². The second-order valence-corrected chi connectivity index (χ2v) is 7.66. The number of nitrogens with zero attached hydrogens (tertiary/aromatic N) is 1. The highest BCUT2D eigenvalue weighted by atomic mass is 16.3. The Labute approximate surface area is 168 Å². The Morgan fingerprint density at radius 3 is 1.33 bits per heavy atom. The van der Waals surface area contributed by atoms with Crippen LogP contribution in [0.15, 0.2) is 30.6 Å². The summed E-state index contributed by atoms with van der Waals surface area (Å²) < 4.78 is 2.00. The minimum atomic E-state index is -0.403. The highest BCUT2D eigenvalue weighted by Crippen LogP contribution is 2.13. The molecule has 0 saturated carbocycles. The fourth-order valence-corrected chi connectivity index (χ4v) is 3.14. The molecular weight excluding hydrogens is 332 g/mol. The van der Waals surface area contributed by atoms with E-state index in [-0.39, 0.29) is 0 Å². The Balaban J connectivity index is 0.000000797. The molecule has 0 amide bonds. The summed E-state index contributed by atoms with van der Waals surface area (Å²) in [5, 5.41) is 17.3. The van der Waals surface area contributed by atoms with Crippen molar-refractivity contribution in [2.75, 3.05) is 0 Å². The van der Waals surface area contributed by atoms with E-state index in [1.54, 1.807) is 0 Å². The van der Waals surface area contributed by atoms with Gasteiger partial charge in [-0.25, -0.2) is 4.57 Å². The zero-order valence-corrected chi connectivity index (χ0v) is 18.1. The van der Waals surface area contributed by atoms with E-state index in [1.165, 1.54) is 83.5 Å². The number of unbranched alkanes of at least 4 members (excludes halogenated alkanes) is 14. The van der Waals surface area contributed by atoms with E-state index < -0.39 is 5.90 Å². The van der Waals surface area contributed by atoms with Gasteiger partial charge in [0.25, 0.3) is 0 Å². The predicted molar refractivity (Wildman–Crippen MR) is 115 cm³/mol. The van der Waals surface area contributed by atoms with Crippen LogP contribution in [0.3, 0.4) is 0 Å². The van der Waals surface area contributed by atoms with Gasteiger partial charge in [-0.15, -0.1) is 0 Å². The average Bonchev–Trinajstić information content (AvgIpc) is 2.66. The van der Waals surface area contributed by atoms with Gasteiger partial charge in [0, 0.05) is 12.1 Å². The molecule has 1 aromatic rings. The molecule has 0 unspecified atom stereocenters. The third-order valence-electron chi connectivity index (χ3n) is 4.87. The fraction of sp³-hybridized carbons (Fsp3) is 0.750. The Kier molecular flexibility index (Phi) is 19.9. The maximum Gasteiger partial charge on any atom is 0.168 e. The monoisotopic (exact) mass is 376 g/mol. The lowest BCUT2D eigenvalue weighted by Crippen LogP contribution is -2.25. The molecule has 0 bridgehead atoms. The van der Waals surface area contributed by atoms with Crippen molar-refractivity contribution in [1.82, 2.24) is 0 Å². The van der Waals surface area contributed by atoms with E-state index in [0.29, 0.717) is 6.42 Å². The Morgan fingerprint density at radius 1 is 0.667 bits per heavy atom. The van der Waals surface area contributed by atoms with Crippen LogP contribution >= 0.6 is 0 Å². The van der Waals surface area contributed by atoms with Crippen LogP contribution < -0.4 is 9.67 Å². The third-order valence-corrected chi connectivity index (χ3v) is 4.87. The third kappa shape index (κ3) is 22.6. The van der Waals surface area contributed by atoms with Crippen LogP contribution in [-0.2, 0) is 7.05 Å². The van der Waals surface area contributed by atoms with Crippen LogP contribution in [0.4, 0.5) is 0 Å². The van der Waals surface area contributed by atoms with E-state index in [9.17, 15) is 5.11 Å². The summed E-state index contributed by atoms with van der Waals surface area (Å²) in [7, 11) is 2.00. The molecule has 1 aromatic heterocycles. The largest absolute Gasteiger partial charge is 0.862 e. The first-order valence-corrected chi connectivity index (χ1v) is 11.3. The molecule has 0 aromatic carbocycles. The van der Waals surface area contributed by atoms with Crippen LogP contribution in [0.2, 0.25) is 0 Å². The van der Waals surface area contributed by atoms with E-state index >= 15 is 0 Å². The molecule has 3 heteroatoms.